The number of benzene rings is 1. The standard InChI is InChI=1S/C13H13N2O2.C2H6/c1-15-9-12(10-6-4-3-5-7-10)11(8-14-15)13(16)17-2;1-2/h3-9H,1-2H3;1-2H3/q+1;. The van der Waals surface area contributed by atoms with Crippen LogP contribution in [0.25, 0.3) is 11.1 Å². The second-order valence-corrected chi connectivity index (χ2v) is 3.63. The van der Waals surface area contributed by atoms with E-state index < -0.39 is 0 Å². The van der Waals surface area contributed by atoms with E-state index in [4.69, 9.17) is 4.74 Å². The summed E-state index contributed by atoms with van der Waals surface area (Å²) in [6.07, 6.45) is 3.33. The fraction of sp³-hybridized carbons (Fsp3) is 0.267. The zero-order valence-electron chi connectivity index (χ0n) is 11.8. The van der Waals surface area contributed by atoms with Crippen molar-refractivity contribution in [1.82, 2.24) is 5.10 Å². The monoisotopic (exact) mass is 259 g/mol. The normalized spacial score (nSPS) is 9.26. The Bertz CT molecular complexity index is 539. The molecule has 0 N–H and O–H groups in total. The molecular weight excluding hydrogens is 240 g/mol. The highest BCUT2D eigenvalue weighted by molar-refractivity contribution is 5.96. The molecule has 0 atom stereocenters. The molecule has 4 nitrogen and oxygen atoms in total. The summed E-state index contributed by atoms with van der Waals surface area (Å²) in [4.78, 5) is 11.6. The highest BCUT2D eigenvalue weighted by Gasteiger charge is 2.17. The SMILES string of the molecule is CC.COC(=O)c1cn[n+](C)cc1-c1ccccc1. The highest BCUT2D eigenvalue weighted by Crippen LogP contribution is 2.21. The number of rotatable bonds is 2. The Labute approximate surface area is 113 Å². The molecule has 100 valence electrons. The Kier molecular flexibility index (Phi) is 5.67. The lowest BCUT2D eigenvalue weighted by Crippen LogP contribution is -2.33. The predicted molar refractivity (Wildman–Crippen MR) is 73.5 cm³/mol. The number of ether oxygens (including phenoxy) is 1. The lowest BCUT2D eigenvalue weighted by molar-refractivity contribution is -0.730. The topological polar surface area (TPSA) is 43.1 Å². The van der Waals surface area contributed by atoms with E-state index in [0.29, 0.717) is 5.56 Å². The first-order valence-electron chi connectivity index (χ1n) is 6.22. The van der Waals surface area contributed by atoms with E-state index in [2.05, 4.69) is 5.10 Å². The zero-order chi connectivity index (χ0) is 14.3. The first-order valence-corrected chi connectivity index (χ1v) is 6.22. The van der Waals surface area contributed by atoms with Crippen LogP contribution >= 0.6 is 0 Å². The van der Waals surface area contributed by atoms with Gasteiger partial charge in [0.1, 0.15) is 6.20 Å². The van der Waals surface area contributed by atoms with Gasteiger partial charge in [0, 0.05) is 0 Å². The molecule has 0 spiro atoms. The van der Waals surface area contributed by atoms with E-state index in [1.807, 2.05) is 57.4 Å². The van der Waals surface area contributed by atoms with E-state index >= 15 is 0 Å². The van der Waals surface area contributed by atoms with Crippen molar-refractivity contribution >= 4 is 5.97 Å². The maximum atomic E-state index is 11.6. The lowest BCUT2D eigenvalue weighted by atomic mass is 10.0. The third-order valence-electron chi connectivity index (χ3n) is 2.47. The predicted octanol–water partition coefficient (Wildman–Crippen LogP) is 2.39. The van der Waals surface area contributed by atoms with E-state index in [1.54, 1.807) is 4.68 Å². The van der Waals surface area contributed by atoms with Gasteiger partial charge in [-0.3, -0.25) is 0 Å². The van der Waals surface area contributed by atoms with Gasteiger partial charge in [0.15, 0.2) is 7.05 Å². The largest absolute Gasteiger partial charge is 0.465 e. The number of aromatic nitrogens is 2. The molecule has 0 aliphatic heterocycles. The molecule has 0 radical (unpaired) electrons. The van der Waals surface area contributed by atoms with Crippen LogP contribution in [0.4, 0.5) is 0 Å². The smallest absolute Gasteiger partial charge is 0.340 e. The van der Waals surface area contributed by atoms with Crippen LogP contribution in [0.2, 0.25) is 0 Å². The number of nitrogens with zero attached hydrogens (tertiary/aromatic N) is 2. The number of carbonyl (C=O) groups excluding carboxylic acids is 1. The Morgan fingerprint density at radius 3 is 2.42 bits per heavy atom. The minimum atomic E-state index is -0.378. The van der Waals surface area contributed by atoms with Gasteiger partial charge in [-0.25, -0.2) is 4.79 Å². The van der Waals surface area contributed by atoms with Gasteiger partial charge in [0.2, 0.25) is 6.20 Å². The van der Waals surface area contributed by atoms with Crippen molar-refractivity contribution in [3.63, 3.8) is 0 Å². The van der Waals surface area contributed by atoms with Crippen molar-refractivity contribution in [3.8, 4) is 11.1 Å². The van der Waals surface area contributed by atoms with Crippen LogP contribution in [0, 0.1) is 0 Å². The van der Waals surface area contributed by atoms with Gasteiger partial charge in [-0.15, -0.1) is 0 Å². The fourth-order valence-electron chi connectivity index (χ4n) is 1.63. The molecule has 0 saturated heterocycles. The second-order valence-electron chi connectivity index (χ2n) is 3.63. The second kappa shape index (κ2) is 7.26. The first-order chi connectivity index (χ1) is 9.22. The summed E-state index contributed by atoms with van der Waals surface area (Å²) in [7, 11) is 3.18. The van der Waals surface area contributed by atoms with Gasteiger partial charge in [-0.2, -0.15) is 0 Å². The van der Waals surface area contributed by atoms with Crippen LogP contribution in [-0.2, 0) is 11.8 Å². The van der Waals surface area contributed by atoms with Gasteiger partial charge >= 0.3 is 5.97 Å². The molecule has 0 aliphatic rings. The van der Waals surface area contributed by atoms with Crippen molar-refractivity contribution < 1.29 is 14.2 Å². The van der Waals surface area contributed by atoms with Gasteiger partial charge in [-0.1, -0.05) is 48.9 Å². The summed E-state index contributed by atoms with van der Waals surface area (Å²) in [5, 5.41) is 4.05. The van der Waals surface area contributed by atoms with Crippen molar-refractivity contribution in [3.05, 3.63) is 48.3 Å². The Balaban J connectivity index is 0.000000861. The molecule has 0 bridgehead atoms. The average molecular weight is 259 g/mol. The van der Waals surface area contributed by atoms with Crippen LogP contribution in [-0.4, -0.2) is 18.2 Å². The van der Waals surface area contributed by atoms with Crippen LogP contribution < -0.4 is 4.68 Å². The van der Waals surface area contributed by atoms with Gasteiger partial charge in [0.05, 0.1) is 18.2 Å². The van der Waals surface area contributed by atoms with Crippen LogP contribution in [0.5, 0.6) is 0 Å². The summed E-state index contributed by atoms with van der Waals surface area (Å²) in [5.41, 5.74) is 2.25. The van der Waals surface area contributed by atoms with Gasteiger partial charge in [-0.05, 0) is 10.7 Å². The van der Waals surface area contributed by atoms with E-state index in [-0.39, 0.29) is 5.97 Å². The summed E-state index contributed by atoms with van der Waals surface area (Å²) < 4.78 is 6.41. The van der Waals surface area contributed by atoms with E-state index in [1.165, 1.54) is 13.3 Å². The van der Waals surface area contributed by atoms with Crippen molar-refractivity contribution in [2.75, 3.05) is 7.11 Å². The molecule has 2 rings (SSSR count). The zero-order valence-corrected chi connectivity index (χ0v) is 11.8. The maximum Gasteiger partial charge on any atom is 0.340 e. The molecule has 0 unspecified atom stereocenters. The molecule has 0 saturated carbocycles. The molecule has 2 aromatic rings. The number of aryl methyl sites for hydroxylation is 1. The molecule has 0 fully saturated rings. The molecule has 4 heteroatoms. The van der Waals surface area contributed by atoms with Gasteiger partial charge in [0.25, 0.3) is 0 Å². The third-order valence-corrected chi connectivity index (χ3v) is 2.47. The van der Waals surface area contributed by atoms with Crippen LogP contribution in [0.3, 0.4) is 0 Å². The molecule has 19 heavy (non-hydrogen) atoms. The van der Waals surface area contributed by atoms with Crippen LogP contribution in [0.15, 0.2) is 42.7 Å². The molecule has 0 aliphatic carbocycles. The fourth-order valence-corrected chi connectivity index (χ4v) is 1.63. The average Bonchev–Trinajstić information content (AvgIpc) is 2.49. The van der Waals surface area contributed by atoms with Gasteiger partial charge < -0.3 is 4.74 Å². The number of hydrogen-bond donors (Lipinski definition) is 0. The van der Waals surface area contributed by atoms with Crippen molar-refractivity contribution in [2.45, 2.75) is 13.8 Å². The summed E-state index contributed by atoms with van der Waals surface area (Å²) >= 11 is 0. The molecular formula is C15H19N2O2+. The lowest BCUT2D eigenvalue weighted by Gasteiger charge is -2.04. The Morgan fingerprint density at radius 2 is 1.84 bits per heavy atom. The number of methoxy groups -OCH3 is 1. The van der Waals surface area contributed by atoms with E-state index in [9.17, 15) is 4.79 Å². The van der Waals surface area contributed by atoms with Crippen molar-refractivity contribution in [2.24, 2.45) is 7.05 Å². The number of carbonyl (C=O) groups is 1. The highest BCUT2D eigenvalue weighted by atomic mass is 16.5. The summed E-state index contributed by atoms with van der Waals surface area (Å²) in [6.45, 7) is 4.00. The minimum absolute atomic E-state index is 0.378. The Morgan fingerprint density at radius 1 is 1.21 bits per heavy atom. The maximum absolute atomic E-state index is 11.6. The molecule has 1 aromatic heterocycles. The van der Waals surface area contributed by atoms with Crippen molar-refractivity contribution in [1.29, 1.82) is 0 Å². The molecule has 1 aromatic carbocycles. The quantitative estimate of drug-likeness (QED) is 0.614. The summed E-state index contributed by atoms with van der Waals surface area (Å²) in [6, 6.07) is 9.68. The molecule has 0 amide bonds. The number of esters is 1. The van der Waals surface area contributed by atoms with E-state index in [0.717, 1.165) is 11.1 Å². The summed E-state index contributed by atoms with van der Waals surface area (Å²) in [5.74, 6) is -0.378. The molecule has 1 heterocycles. The third kappa shape index (κ3) is 3.61. The number of hydrogen-bond acceptors (Lipinski definition) is 3. The first kappa shape index (κ1) is 14.8. The Hall–Kier alpha value is -2.23. The minimum Gasteiger partial charge on any atom is -0.465 e. The van der Waals surface area contributed by atoms with Crippen LogP contribution in [0.1, 0.15) is 24.2 Å².